The van der Waals surface area contributed by atoms with Crippen molar-refractivity contribution >= 4 is 22.4 Å². The Labute approximate surface area is 163 Å². The SMILES string of the molecule is Cc1ccc(C(=O)Nc2nnc(COc3ccc(C(C)(C)C)cc3)s2)cc1. The fourth-order valence-electron chi connectivity index (χ4n) is 2.43. The zero-order valence-corrected chi connectivity index (χ0v) is 16.8. The van der Waals surface area contributed by atoms with Gasteiger partial charge in [-0.05, 0) is 42.2 Å². The van der Waals surface area contributed by atoms with Gasteiger partial charge in [-0.25, -0.2) is 0 Å². The Kier molecular flexibility index (Phi) is 5.56. The van der Waals surface area contributed by atoms with Crippen LogP contribution in [0.25, 0.3) is 0 Å². The first-order valence-corrected chi connectivity index (χ1v) is 9.57. The van der Waals surface area contributed by atoms with Gasteiger partial charge in [0.15, 0.2) is 5.01 Å². The van der Waals surface area contributed by atoms with Gasteiger partial charge in [0, 0.05) is 5.56 Å². The van der Waals surface area contributed by atoms with Crippen LogP contribution in [-0.4, -0.2) is 16.1 Å². The molecular weight excluding hydrogens is 358 g/mol. The number of carbonyl (C=O) groups is 1. The van der Waals surface area contributed by atoms with Gasteiger partial charge in [0.1, 0.15) is 12.4 Å². The third-order valence-corrected chi connectivity index (χ3v) is 4.90. The van der Waals surface area contributed by atoms with Gasteiger partial charge in [0.25, 0.3) is 5.91 Å². The lowest BCUT2D eigenvalue weighted by atomic mass is 9.87. The molecule has 0 saturated carbocycles. The molecule has 1 N–H and O–H groups in total. The number of aryl methyl sites for hydroxylation is 1. The van der Waals surface area contributed by atoms with E-state index in [2.05, 4.69) is 48.4 Å². The number of nitrogens with zero attached hydrogens (tertiary/aromatic N) is 2. The summed E-state index contributed by atoms with van der Waals surface area (Å²) in [4.78, 5) is 12.2. The third-order valence-electron chi connectivity index (χ3n) is 4.08. The molecule has 140 valence electrons. The number of carbonyl (C=O) groups excluding carboxylic acids is 1. The highest BCUT2D eigenvalue weighted by molar-refractivity contribution is 7.15. The van der Waals surface area contributed by atoms with Gasteiger partial charge in [0.05, 0.1) is 0 Å². The first-order valence-electron chi connectivity index (χ1n) is 8.75. The summed E-state index contributed by atoms with van der Waals surface area (Å²) >= 11 is 1.31. The van der Waals surface area contributed by atoms with E-state index < -0.39 is 0 Å². The lowest BCUT2D eigenvalue weighted by Crippen LogP contribution is -2.11. The first-order chi connectivity index (χ1) is 12.8. The highest BCUT2D eigenvalue weighted by atomic mass is 32.1. The predicted octanol–water partition coefficient (Wildman–Crippen LogP) is 4.98. The quantitative estimate of drug-likeness (QED) is 0.677. The van der Waals surface area contributed by atoms with E-state index in [1.54, 1.807) is 12.1 Å². The van der Waals surface area contributed by atoms with E-state index >= 15 is 0 Å². The fraction of sp³-hybridized carbons (Fsp3) is 0.286. The van der Waals surface area contributed by atoms with Gasteiger partial charge < -0.3 is 4.74 Å². The number of anilines is 1. The molecule has 0 saturated heterocycles. The van der Waals surface area contributed by atoms with Crippen LogP contribution in [0.5, 0.6) is 5.75 Å². The van der Waals surface area contributed by atoms with Crippen LogP contribution in [0.1, 0.15) is 47.3 Å². The first kappa shape index (κ1) is 19.0. The van der Waals surface area contributed by atoms with Gasteiger partial charge in [-0.1, -0.05) is 61.9 Å². The van der Waals surface area contributed by atoms with Crippen molar-refractivity contribution in [2.75, 3.05) is 5.32 Å². The maximum Gasteiger partial charge on any atom is 0.257 e. The molecule has 0 aliphatic carbocycles. The molecule has 3 aromatic rings. The predicted molar refractivity (Wildman–Crippen MR) is 109 cm³/mol. The standard InChI is InChI=1S/C21H23N3O2S/c1-14-5-7-15(8-6-14)19(25)22-20-24-23-18(27-20)13-26-17-11-9-16(10-12-17)21(2,3)4/h5-12H,13H2,1-4H3,(H,22,24,25). The summed E-state index contributed by atoms with van der Waals surface area (Å²) in [6.45, 7) is 8.83. The lowest BCUT2D eigenvalue weighted by Gasteiger charge is -2.19. The van der Waals surface area contributed by atoms with Gasteiger partial charge in [-0.15, -0.1) is 10.2 Å². The zero-order valence-electron chi connectivity index (χ0n) is 15.9. The van der Waals surface area contributed by atoms with Crippen LogP contribution >= 0.6 is 11.3 Å². The van der Waals surface area contributed by atoms with Crippen LogP contribution in [0.2, 0.25) is 0 Å². The van der Waals surface area contributed by atoms with Gasteiger partial charge in [-0.3, -0.25) is 10.1 Å². The number of hydrogen-bond acceptors (Lipinski definition) is 5. The second kappa shape index (κ2) is 7.88. The van der Waals surface area contributed by atoms with E-state index in [0.717, 1.165) is 11.3 Å². The topological polar surface area (TPSA) is 64.1 Å². The molecule has 1 heterocycles. The molecule has 3 rings (SSSR count). The Morgan fingerprint density at radius 3 is 2.33 bits per heavy atom. The maximum absolute atomic E-state index is 12.2. The molecule has 0 spiro atoms. The van der Waals surface area contributed by atoms with Gasteiger partial charge in [0.2, 0.25) is 5.13 Å². The van der Waals surface area contributed by atoms with Crippen molar-refractivity contribution in [2.24, 2.45) is 0 Å². The molecule has 0 fully saturated rings. The highest BCUT2D eigenvalue weighted by Gasteiger charge is 2.13. The molecule has 0 atom stereocenters. The average Bonchev–Trinajstić information content (AvgIpc) is 3.07. The Morgan fingerprint density at radius 1 is 1.04 bits per heavy atom. The number of aromatic nitrogens is 2. The van der Waals surface area contributed by atoms with Crippen molar-refractivity contribution in [3.63, 3.8) is 0 Å². The number of hydrogen-bond donors (Lipinski definition) is 1. The van der Waals surface area contributed by atoms with Crippen molar-refractivity contribution in [1.29, 1.82) is 0 Å². The van der Waals surface area contributed by atoms with Crippen molar-refractivity contribution in [1.82, 2.24) is 10.2 Å². The van der Waals surface area contributed by atoms with Crippen molar-refractivity contribution in [2.45, 2.75) is 39.7 Å². The van der Waals surface area contributed by atoms with Crippen LogP contribution in [0.3, 0.4) is 0 Å². The molecule has 0 unspecified atom stereocenters. The summed E-state index contributed by atoms with van der Waals surface area (Å²) in [6.07, 6.45) is 0. The summed E-state index contributed by atoms with van der Waals surface area (Å²) in [6, 6.07) is 15.4. The maximum atomic E-state index is 12.2. The molecule has 0 aliphatic rings. The average molecular weight is 382 g/mol. The summed E-state index contributed by atoms with van der Waals surface area (Å²) in [7, 11) is 0. The van der Waals surface area contributed by atoms with Crippen LogP contribution in [0.15, 0.2) is 48.5 Å². The number of ether oxygens (including phenoxy) is 1. The minimum atomic E-state index is -0.198. The second-order valence-corrected chi connectivity index (χ2v) is 8.45. The van der Waals surface area contributed by atoms with Gasteiger partial charge in [-0.2, -0.15) is 0 Å². The van der Waals surface area contributed by atoms with E-state index in [4.69, 9.17) is 4.74 Å². The molecule has 2 aromatic carbocycles. The smallest absolute Gasteiger partial charge is 0.257 e. The molecular formula is C21H23N3O2S. The van der Waals surface area contributed by atoms with Crippen LogP contribution in [0.4, 0.5) is 5.13 Å². The van der Waals surface area contributed by atoms with E-state index in [1.807, 2.05) is 31.2 Å². The monoisotopic (exact) mass is 381 g/mol. The lowest BCUT2D eigenvalue weighted by molar-refractivity contribution is 0.102. The zero-order chi connectivity index (χ0) is 19.4. The summed E-state index contributed by atoms with van der Waals surface area (Å²) < 4.78 is 5.77. The van der Waals surface area contributed by atoms with Crippen LogP contribution < -0.4 is 10.1 Å². The number of benzene rings is 2. The fourth-order valence-corrected chi connectivity index (χ4v) is 3.08. The molecule has 0 bridgehead atoms. The van der Waals surface area contributed by atoms with Crippen LogP contribution in [-0.2, 0) is 12.0 Å². The Balaban J connectivity index is 1.56. The van der Waals surface area contributed by atoms with Crippen LogP contribution in [0, 0.1) is 6.92 Å². The van der Waals surface area contributed by atoms with E-state index in [0.29, 0.717) is 22.3 Å². The van der Waals surface area contributed by atoms with Gasteiger partial charge >= 0.3 is 0 Å². The molecule has 0 aliphatic heterocycles. The summed E-state index contributed by atoms with van der Waals surface area (Å²) in [5.74, 6) is 0.583. The molecule has 6 heteroatoms. The number of nitrogens with one attached hydrogen (secondary N) is 1. The summed E-state index contributed by atoms with van der Waals surface area (Å²) in [5.41, 5.74) is 3.07. The van der Waals surface area contributed by atoms with Crippen molar-refractivity contribution in [3.8, 4) is 5.75 Å². The van der Waals surface area contributed by atoms with Crippen molar-refractivity contribution in [3.05, 3.63) is 70.2 Å². The minimum absolute atomic E-state index is 0.113. The normalized spacial score (nSPS) is 11.3. The largest absolute Gasteiger partial charge is 0.486 e. The minimum Gasteiger partial charge on any atom is -0.486 e. The van der Waals surface area contributed by atoms with Crippen molar-refractivity contribution < 1.29 is 9.53 Å². The Hall–Kier alpha value is -2.73. The molecule has 1 amide bonds. The molecule has 5 nitrogen and oxygen atoms in total. The third kappa shape index (κ3) is 5.14. The highest BCUT2D eigenvalue weighted by Crippen LogP contribution is 2.25. The van der Waals surface area contributed by atoms with E-state index in [9.17, 15) is 4.79 Å². The van der Waals surface area contributed by atoms with E-state index in [-0.39, 0.29) is 11.3 Å². The number of amides is 1. The molecule has 1 aromatic heterocycles. The Bertz CT molecular complexity index is 910. The van der Waals surface area contributed by atoms with E-state index in [1.165, 1.54) is 16.9 Å². The number of rotatable bonds is 5. The molecule has 0 radical (unpaired) electrons. The second-order valence-electron chi connectivity index (χ2n) is 7.38. The Morgan fingerprint density at radius 2 is 1.70 bits per heavy atom. The molecule has 27 heavy (non-hydrogen) atoms. The summed E-state index contributed by atoms with van der Waals surface area (Å²) in [5, 5.41) is 12.0.